The number of benzene rings is 1. The lowest BCUT2D eigenvalue weighted by atomic mass is 10.1. The Morgan fingerprint density at radius 3 is 2.50 bits per heavy atom. The van der Waals surface area contributed by atoms with Crippen molar-refractivity contribution >= 4 is 17.6 Å². The van der Waals surface area contributed by atoms with Gasteiger partial charge in [-0.3, -0.25) is 4.79 Å². The fourth-order valence-electron chi connectivity index (χ4n) is 2.15. The number of carbonyl (C=O) groups excluding carboxylic acids is 2. The molecule has 0 aliphatic carbocycles. The fourth-order valence-corrected chi connectivity index (χ4v) is 2.15. The number of nitrogens with one attached hydrogen (secondary N) is 1. The van der Waals surface area contributed by atoms with Crippen LogP contribution in [0.3, 0.4) is 0 Å². The summed E-state index contributed by atoms with van der Waals surface area (Å²) < 4.78 is 38.8. The number of urea groups is 1. The monoisotopic (exact) mass is 286 g/mol. The highest BCUT2D eigenvalue weighted by Gasteiger charge is 2.43. The summed E-state index contributed by atoms with van der Waals surface area (Å²) in [7, 11) is 0. The zero-order valence-electron chi connectivity index (χ0n) is 10.7. The summed E-state index contributed by atoms with van der Waals surface area (Å²) >= 11 is 0. The van der Waals surface area contributed by atoms with Gasteiger partial charge < -0.3 is 5.32 Å². The molecule has 1 aromatic carbocycles. The Kier molecular flexibility index (Phi) is 3.69. The molecule has 0 spiro atoms. The Balaban J connectivity index is 2.42. The van der Waals surface area contributed by atoms with Crippen LogP contribution in [0.25, 0.3) is 0 Å². The first-order valence-corrected chi connectivity index (χ1v) is 6.17. The normalized spacial score (nSPS) is 19.4. The Labute approximate surface area is 113 Å². The van der Waals surface area contributed by atoms with Crippen LogP contribution in [0.15, 0.2) is 24.3 Å². The number of amides is 3. The first kappa shape index (κ1) is 14.4. The summed E-state index contributed by atoms with van der Waals surface area (Å²) in [5, 5.41) is 2.40. The average Bonchev–Trinajstić information content (AvgIpc) is 2.64. The Morgan fingerprint density at radius 2 is 1.90 bits per heavy atom. The third-order valence-corrected chi connectivity index (χ3v) is 3.05. The zero-order valence-corrected chi connectivity index (χ0v) is 10.7. The lowest BCUT2D eigenvalue weighted by Crippen LogP contribution is -2.33. The number of hydrogen-bond acceptors (Lipinski definition) is 2. The molecule has 4 nitrogen and oxygen atoms in total. The summed E-state index contributed by atoms with van der Waals surface area (Å²) in [4.78, 5) is 24.4. The topological polar surface area (TPSA) is 49.4 Å². The quantitative estimate of drug-likeness (QED) is 0.868. The standard InChI is InChI=1S/C13H13F3N2O2/c1-2-5-9-11(19)18(12(20)17-9)10-7-4-3-6-8(10)13(14,15)16/h3-4,6-7,9H,2,5H2,1H3,(H,17,20). The first-order chi connectivity index (χ1) is 9.36. The van der Waals surface area contributed by atoms with Crippen LogP contribution in [0.2, 0.25) is 0 Å². The van der Waals surface area contributed by atoms with Gasteiger partial charge in [-0.1, -0.05) is 25.5 Å². The van der Waals surface area contributed by atoms with E-state index in [1.165, 1.54) is 12.1 Å². The van der Waals surface area contributed by atoms with Crippen molar-refractivity contribution in [1.29, 1.82) is 0 Å². The van der Waals surface area contributed by atoms with Gasteiger partial charge in [0, 0.05) is 0 Å². The Hall–Kier alpha value is -2.05. The van der Waals surface area contributed by atoms with Crippen LogP contribution >= 0.6 is 0 Å². The average molecular weight is 286 g/mol. The Bertz CT molecular complexity index is 543. The molecule has 1 N–H and O–H groups in total. The number of anilines is 1. The van der Waals surface area contributed by atoms with E-state index in [9.17, 15) is 22.8 Å². The van der Waals surface area contributed by atoms with Crippen molar-refractivity contribution in [2.24, 2.45) is 0 Å². The summed E-state index contributed by atoms with van der Waals surface area (Å²) in [6, 6.07) is 2.98. The Morgan fingerprint density at radius 1 is 1.25 bits per heavy atom. The van der Waals surface area contributed by atoms with Crippen LogP contribution in [0.5, 0.6) is 0 Å². The number of hydrogen-bond donors (Lipinski definition) is 1. The fraction of sp³-hybridized carbons (Fsp3) is 0.385. The van der Waals surface area contributed by atoms with Gasteiger partial charge in [0.25, 0.3) is 5.91 Å². The predicted molar refractivity (Wildman–Crippen MR) is 66.2 cm³/mol. The van der Waals surface area contributed by atoms with Gasteiger partial charge in [-0.05, 0) is 18.6 Å². The van der Waals surface area contributed by atoms with E-state index >= 15 is 0 Å². The third kappa shape index (κ3) is 2.48. The minimum absolute atomic E-state index is 0.398. The maximum atomic E-state index is 12.9. The second-order valence-electron chi connectivity index (χ2n) is 4.48. The molecular formula is C13H13F3N2O2. The minimum Gasteiger partial charge on any atom is -0.325 e. The predicted octanol–water partition coefficient (Wildman–Crippen LogP) is 2.93. The molecule has 1 saturated heterocycles. The second-order valence-corrected chi connectivity index (χ2v) is 4.48. The molecule has 20 heavy (non-hydrogen) atoms. The number of alkyl halides is 3. The molecule has 3 amide bonds. The van der Waals surface area contributed by atoms with E-state index in [0.29, 0.717) is 17.7 Å². The van der Waals surface area contributed by atoms with Crippen molar-refractivity contribution in [3.8, 4) is 0 Å². The molecular weight excluding hydrogens is 273 g/mol. The van der Waals surface area contributed by atoms with E-state index in [1.807, 2.05) is 6.92 Å². The number of carbonyl (C=O) groups is 2. The second kappa shape index (κ2) is 5.15. The number of halogens is 3. The maximum absolute atomic E-state index is 12.9. The van der Waals surface area contributed by atoms with Crippen LogP contribution in [0, 0.1) is 0 Å². The molecule has 7 heteroatoms. The molecule has 0 aromatic heterocycles. The van der Waals surface area contributed by atoms with Crippen LogP contribution in [-0.2, 0) is 11.0 Å². The van der Waals surface area contributed by atoms with E-state index in [1.54, 1.807) is 0 Å². The largest absolute Gasteiger partial charge is 0.418 e. The van der Waals surface area contributed by atoms with Crippen molar-refractivity contribution in [2.75, 3.05) is 4.90 Å². The molecule has 0 saturated carbocycles. The number of rotatable bonds is 3. The lowest BCUT2D eigenvalue weighted by Gasteiger charge is -2.18. The summed E-state index contributed by atoms with van der Waals surface area (Å²) in [5.74, 6) is -0.645. The van der Waals surface area contributed by atoms with E-state index in [4.69, 9.17) is 0 Å². The van der Waals surface area contributed by atoms with Crippen LogP contribution < -0.4 is 10.2 Å². The van der Waals surface area contributed by atoms with Crippen molar-refractivity contribution in [1.82, 2.24) is 5.32 Å². The molecule has 1 aromatic rings. The van der Waals surface area contributed by atoms with Gasteiger partial charge in [0.05, 0.1) is 11.3 Å². The highest BCUT2D eigenvalue weighted by molar-refractivity contribution is 6.21. The van der Waals surface area contributed by atoms with Gasteiger partial charge >= 0.3 is 12.2 Å². The van der Waals surface area contributed by atoms with E-state index in [2.05, 4.69) is 5.32 Å². The molecule has 1 atom stereocenters. The molecule has 1 unspecified atom stereocenters. The first-order valence-electron chi connectivity index (χ1n) is 6.17. The van der Waals surface area contributed by atoms with Gasteiger partial charge in [-0.2, -0.15) is 13.2 Å². The molecule has 0 radical (unpaired) electrons. The minimum atomic E-state index is -4.63. The third-order valence-electron chi connectivity index (χ3n) is 3.05. The number of para-hydroxylation sites is 1. The maximum Gasteiger partial charge on any atom is 0.418 e. The van der Waals surface area contributed by atoms with Crippen molar-refractivity contribution in [3.05, 3.63) is 29.8 Å². The van der Waals surface area contributed by atoms with Crippen molar-refractivity contribution in [3.63, 3.8) is 0 Å². The van der Waals surface area contributed by atoms with E-state index in [0.717, 1.165) is 12.1 Å². The SMILES string of the molecule is CCCC1NC(=O)N(c2ccccc2C(F)(F)F)C1=O. The van der Waals surface area contributed by atoms with Gasteiger partial charge in [0.2, 0.25) is 0 Å². The molecule has 0 bridgehead atoms. The molecule has 2 rings (SSSR count). The van der Waals surface area contributed by atoms with Gasteiger partial charge in [0.15, 0.2) is 0 Å². The van der Waals surface area contributed by atoms with E-state index < -0.39 is 35.4 Å². The highest BCUT2D eigenvalue weighted by Crippen LogP contribution is 2.37. The lowest BCUT2D eigenvalue weighted by molar-refractivity contribution is -0.137. The highest BCUT2D eigenvalue weighted by atomic mass is 19.4. The van der Waals surface area contributed by atoms with Crippen LogP contribution in [-0.4, -0.2) is 18.0 Å². The molecule has 1 fully saturated rings. The summed E-state index contributed by atoms with van der Waals surface area (Å²) in [6.45, 7) is 1.83. The number of imide groups is 1. The van der Waals surface area contributed by atoms with Crippen LogP contribution in [0.1, 0.15) is 25.3 Å². The molecule has 1 heterocycles. The van der Waals surface area contributed by atoms with Crippen molar-refractivity contribution < 1.29 is 22.8 Å². The summed E-state index contributed by atoms with van der Waals surface area (Å²) in [5.41, 5.74) is -1.43. The number of nitrogens with zero attached hydrogens (tertiary/aromatic N) is 1. The smallest absolute Gasteiger partial charge is 0.325 e. The summed E-state index contributed by atoms with van der Waals surface area (Å²) in [6.07, 6.45) is -3.58. The van der Waals surface area contributed by atoms with E-state index in [-0.39, 0.29) is 0 Å². The van der Waals surface area contributed by atoms with Gasteiger partial charge in [-0.15, -0.1) is 0 Å². The van der Waals surface area contributed by atoms with Gasteiger partial charge in [-0.25, -0.2) is 9.69 Å². The van der Waals surface area contributed by atoms with Gasteiger partial charge in [0.1, 0.15) is 6.04 Å². The molecule has 1 aliphatic heterocycles. The molecule has 1 aliphatic rings. The van der Waals surface area contributed by atoms with Crippen LogP contribution in [0.4, 0.5) is 23.7 Å². The van der Waals surface area contributed by atoms with Crippen molar-refractivity contribution in [2.45, 2.75) is 32.0 Å². The molecule has 108 valence electrons. The zero-order chi connectivity index (χ0) is 14.9.